The van der Waals surface area contributed by atoms with Gasteiger partial charge in [-0.1, -0.05) is 24.3 Å². The summed E-state index contributed by atoms with van der Waals surface area (Å²) >= 11 is 0. The summed E-state index contributed by atoms with van der Waals surface area (Å²) in [7, 11) is 0. The zero-order valence-corrected chi connectivity index (χ0v) is 16.6. The lowest BCUT2D eigenvalue weighted by molar-refractivity contribution is -0.137. The Morgan fingerprint density at radius 1 is 1.00 bits per heavy atom. The molecule has 2 amide bonds. The number of anilines is 1. The molecule has 0 unspecified atom stereocenters. The fraction of sp³-hybridized carbons (Fsp3) is 0.0476. The standard InChI is InChI=1S/C21H14F3N7O2/c22-21(23,24)16-7-2-1-6-15(16)13-8-9-17(26-11-13)27-20(33)19-28-29-30-31(19)14-5-3-4-12(10-14)18(25)32/h1-11H,(H2,25,32)(H,26,27,33). The third-order valence-corrected chi connectivity index (χ3v) is 4.60. The number of benzene rings is 2. The van der Waals surface area contributed by atoms with Crippen LogP contribution in [0, 0.1) is 0 Å². The minimum Gasteiger partial charge on any atom is -0.366 e. The van der Waals surface area contributed by atoms with Crippen LogP contribution < -0.4 is 11.1 Å². The average Bonchev–Trinajstić information content (AvgIpc) is 3.29. The molecule has 4 aromatic rings. The van der Waals surface area contributed by atoms with Gasteiger partial charge in [-0.3, -0.25) is 9.59 Å². The van der Waals surface area contributed by atoms with Crippen LogP contribution in [0.25, 0.3) is 16.8 Å². The average molecular weight is 453 g/mol. The van der Waals surface area contributed by atoms with Crippen molar-refractivity contribution in [1.82, 2.24) is 25.2 Å². The number of carbonyl (C=O) groups is 2. The third kappa shape index (κ3) is 4.54. The van der Waals surface area contributed by atoms with Gasteiger partial charge in [-0.05, 0) is 52.4 Å². The molecule has 166 valence electrons. The largest absolute Gasteiger partial charge is 0.417 e. The third-order valence-electron chi connectivity index (χ3n) is 4.60. The summed E-state index contributed by atoms with van der Waals surface area (Å²) in [5.74, 6) is -1.51. The maximum absolute atomic E-state index is 13.3. The normalized spacial score (nSPS) is 11.2. The highest BCUT2D eigenvalue weighted by atomic mass is 19.4. The molecule has 0 radical (unpaired) electrons. The molecule has 0 bridgehead atoms. The van der Waals surface area contributed by atoms with E-state index in [-0.39, 0.29) is 28.3 Å². The van der Waals surface area contributed by atoms with E-state index in [9.17, 15) is 22.8 Å². The van der Waals surface area contributed by atoms with Crippen molar-refractivity contribution in [2.24, 2.45) is 5.73 Å². The molecule has 12 heteroatoms. The van der Waals surface area contributed by atoms with Gasteiger partial charge in [0.2, 0.25) is 11.7 Å². The number of nitrogens with zero attached hydrogens (tertiary/aromatic N) is 5. The number of carbonyl (C=O) groups excluding carboxylic acids is 2. The lowest BCUT2D eigenvalue weighted by Crippen LogP contribution is -2.19. The summed E-state index contributed by atoms with van der Waals surface area (Å²) in [5.41, 5.74) is 5.21. The SMILES string of the molecule is NC(=O)c1cccc(-n2nnnc2C(=O)Nc2ccc(-c3ccccc3C(F)(F)F)cn2)c1. The predicted molar refractivity (Wildman–Crippen MR) is 110 cm³/mol. The van der Waals surface area contributed by atoms with Gasteiger partial charge in [-0.15, -0.1) is 5.10 Å². The monoisotopic (exact) mass is 453 g/mol. The topological polar surface area (TPSA) is 129 Å². The first-order valence-corrected chi connectivity index (χ1v) is 9.36. The van der Waals surface area contributed by atoms with Crippen molar-refractivity contribution in [1.29, 1.82) is 0 Å². The number of amides is 2. The van der Waals surface area contributed by atoms with Crippen LogP contribution in [0.15, 0.2) is 66.9 Å². The molecule has 0 aliphatic carbocycles. The zero-order valence-electron chi connectivity index (χ0n) is 16.6. The molecule has 0 spiro atoms. The number of pyridine rings is 1. The molecule has 33 heavy (non-hydrogen) atoms. The van der Waals surface area contributed by atoms with E-state index in [2.05, 4.69) is 25.8 Å². The summed E-state index contributed by atoms with van der Waals surface area (Å²) in [4.78, 5) is 28.1. The molecule has 0 aliphatic heterocycles. The van der Waals surface area contributed by atoms with Gasteiger partial charge >= 0.3 is 6.18 Å². The van der Waals surface area contributed by atoms with E-state index in [0.29, 0.717) is 5.69 Å². The highest BCUT2D eigenvalue weighted by Crippen LogP contribution is 2.36. The molecule has 2 aromatic carbocycles. The molecule has 0 fully saturated rings. The van der Waals surface area contributed by atoms with Crippen LogP contribution in [0.3, 0.4) is 0 Å². The summed E-state index contributed by atoms with van der Waals surface area (Å²) in [6, 6.07) is 13.9. The zero-order chi connectivity index (χ0) is 23.6. The van der Waals surface area contributed by atoms with Gasteiger partial charge in [0.05, 0.1) is 11.3 Å². The van der Waals surface area contributed by atoms with Crippen LogP contribution in [0.2, 0.25) is 0 Å². The molecule has 3 N–H and O–H groups in total. The van der Waals surface area contributed by atoms with Crippen molar-refractivity contribution >= 4 is 17.6 Å². The van der Waals surface area contributed by atoms with Gasteiger partial charge in [0.1, 0.15) is 5.82 Å². The van der Waals surface area contributed by atoms with Crippen molar-refractivity contribution in [3.63, 3.8) is 0 Å². The number of nitrogens with two attached hydrogens (primary N) is 1. The number of hydrogen-bond donors (Lipinski definition) is 2. The molecule has 4 rings (SSSR count). The summed E-state index contributed by atoms with van der Waals surface area (Å²) in [5, 5.41) is 13.4. The van der Waals surface area contributed by atoms with Crippen molar-refractivity contribution < 1.29 is 22.8 Å². The van der Waals surface area contributed by atoms with Gasteiger partial charge in [0.25, 0.3) is 5.91 Å². The molecular formula is C21H14F3N7O2. The second-order valence-corrected chi connectivity index (χ2v) is 6.76. The van der Waals surface area contributed by atoms with Gasteiger partial charge in [0, 0.05) is 17.3 Å². The number of primary amides is 1. The summed E-state index contributed by atoms with van der Waals surface area (Å²) < 4.78 is 40.9. The quantitative estimate of drug-likeness (QED) is 0.478. The Morgan fingerprint density at radius 2 is 1.79 bits per heavy atom. The van der Waals surface area contributed by atoms with Gasteiger partial charge < -0.3 is 11.1 Å². The molecule has 0 atom stereocenters. The molecule has 0 saturated carbocycles. The second kappa shape index (κ2) is 8.49. The molecule has 0 saturated heterocycles. The molecular weight excluding hydrogens is 439 g/mol. The Balaban J connectivity index is 1.57. The number of halogens is 3. The van der Waals surface area contributed by atoms with Crippen LogP contribution >= 0.6 is 0 Å². The fourth-order valence-electron chi connectivity index (χ4n) is 3.07. The number of hydrogen-bond acceptors (Lipinski definition) is 6. The van der Waals surface area contributed by atoms with E-state index in [1.165, 1.54) is 48.7 Å². The van der Waals surface area contributed by atoms with Crippen molar-refractivity contribution in [3.8, 4) is 16.8 Å². The van der Waals surface area contributed by atoms with Gasteiger partial charge in [-0.2, -0.15) is 17.9 Å². The Kier molecular flexibility index (Phi) is 5.56. The van der Waals surface area contributed by atoms with E-state index in [1.807, 2.05) is 0 Å². The molecule has 2 heterocycles. The highest BCUT2D eigenvalue weighted by Gasteiger charge is 2.33. The second-order valence-electron chi connectivity index (χ2n) is 6.76. The van der Waals surface area contributed by atoms with Crippen LogP contribution in [-0.4, -0.2) is 37.0 Å². The minimum absolute atomic E-state index is 0.0337. The predicted octanol–water partition coefficient (Wildman–Crippen LogP) is 3.09. The lowest BCUT2D eigenvalue weighted by Gasteiger charge is -2.13. The minimum atomic E-state index is -4.52. The summed E-state index contributed by atoms with van der Waals surface area (Å²) in [6.07, 6.45) is -3.30. The van der Waals surface area contributed by atoms with E-state index in [0.717, 1.165) is 10.7 Å². The first-order chi connectivity index (χ1) is 15.7. The number of rotatable bonds is 5. The first-order valence-electron chi connectivity index (χ1n) is 9.36. The smallest absolute Gasteiger partial charge is 0.366 e. The van der Waals surface area contributed by atoms with Crippen LogP contribution in [0.1, 0.15) is 26.5 Å². The van der Waals surface area contributed by atoms with E-state index in [1.54, 1.807) is 12.1 Å². The molecule has 0 aliphatic rings. The highest BCUT2D eigenvalue weighted by molar-refractivity contribution is 6.01. The van der Waals surface area contributed by atoms with Crippen LogP contribution in [0.5, 0.6) is 0 Å². The number of aromatic nitrogens is 5. The maximum Gasteiger partial charge on any atom is 0.417 e. The Morgan fingerprint density at radius 3 is 2.48 bits per heavy atom. The summed E-state index contributed by atoms with van der Waals surface area (Å²) in [6.45, 7) is 0. The van der Waals surface area contributed by atoms with E-state index >= 15 is 0 Å². The number of tetrazole rings is 1. The van der Waals surface area contributed by atoms with Gasteiger partial charge in [0.15, 0.2) is 0 Å². The van der Waals surface area contributed by atoms with Crippen molar-refractivity contribution in [2.75, 3.05) is 5.32 Å². The van der Waals surface area contributed by atoms with Gasteiger partial charge in [-0.25, -0.2) is 4.98 Å². The number of alkyl halides is 3. The Labute approximate surface area is 184 Å². The van der Waals surface area contributed by atoms with Crippen LogP contribution in [0.4, 0.5) is 19.0 Å². The Bertz CT molecular complexity index is 1330. The van der Waals surface area contributed by atoms with Crippen molar-refractivity contribution in [3.05, 3.63) is 83.8 Å². The van der Waals surface area contributed by atoms with Crippen molar-refractivity contribution in [2.45, 2.75) is 6.18 Å². The van der Waals surface area contributed by atoms with E-state index < -0.39 is 23.6 Å². The first kappa shape index (κ1) is 21.6. The lowest BCUT2D eigenvalue weighted by atomic mass is 10.0. The van der Waals surface area contributed by atoms with E-state index in [4.69, 9.17) is 5.73 Å². The van der Waals surface area contributed by atoms with Crippen LogP contribution in [-0.2, 0) is 6.18 Å². The number of nitrogens with one attached hydrogen (secondary N) is 1. The fourth-order valence-corrected chi connectivity index (χ4v) is 3.07. The molecule has 2 aromatic heterocycles. The maximum atomic E-state index is 13.3. The molecule has 9 nitrogen and oxygen atoms in total. The Hall–Kier alpha value is -4.61.